The molecule has 0 saturated carbocycles. The summed E-state index contributed by atoms with van der Waals surface area (Å²) in [7, 11) is 0. The van der Waals surface area contributed by atoms with Crippen LogP contribution in [0.2, 0.25) is 0 Å². The van der Waals surface area contributed by atoms with Crippen molar-refractivity contribution < 1.29 is 9.53 Å². The minimum absolute atomic E-state index is 0.0893. The highest BCUT2D eigenvalue weighted by atomic mass is 32.2. The zero-order valence-electron chi connectivity index (χ0n) is 9.62. The van der Waals surface area contributed by atoms with Gasteiger partial charge in [0.25, 0.3) is 0 Å². The Morgan fingerprint density at radius 3 is 2.93 bits per heavy atom. The van der Waals surface area contributed by atoms with E-state index < -0.39 is 0 Å². The van der Waals surface area contributed by atoms with E-state index in [1.807, 2.05) is 13.8 Å². The average molecular weight is 231 g/mol. The van der Waals surface area contributed by atoms with Gasteiger partial charge in [-0.2, -0.15) is 0 Å². The quantitative estimate of drug-likeness (QED) is 0.486. The summed E-state index contributed by atoms with van der Waals surface area (Å²) in [6.07, 6.45) is 2.94. The molecule has 0 saturated heterocycles. The van der Waals surface area contributed by atoms with Gasteiger partial charge in [0.15, 0.2) is 0 Å². The van der Waals surface area contributed by atoms with Crippen LogP contribution < -0.4 is 5.32 Å². The maximum absolute atomic E-state index is 11.2. The van der Waals surface area contributed by atoms with Gasteiger partial charge in [-0.15, -0.1) is 18.3 Å². The fraction of sp³-hybridized carbons (Fsp3) is 0.727. The zero-order valence-corrected chi connectivity index (χ0v) is 10.4. The molecule has 1 N–H and O–H groups in total. The van der Waals surface area contributed by atoms with E-state index >= 15 is 0 Å². The van der Waals surface area contributed by atoms with Gasteiger partial charge in [-0.1, -0.05) is 6.08 Å². The van der Waals surface area contributed by atoms with Gasteiger partial charge < -0.3 is 10.1 Å². The van der Waals surface area contributed by atoms with Crippen molar-refractivity contribution in [3.63, 3.8) is 0 Å². The van der Waals surface area contributed by atoms with Gasteiger partial charge >= 0.3 is 0 Å². The summed E-state index contributed by atoms with van der Waals surface area (Å²) in [5.74, 6) is 1.42. The van der Waals surface area contributed by atoms with Crippen LogP contribution in [0.1, 0.15) is 20.3 Å². The molecular formula is C11H21NO2S. The fourth-order valence-corrected chi connectivity index (χ4v) is 1.48. The number of carbonyl (C=O) groups is 1. The molecule has 0 radical (unpaired) electrons. The summed E-state index contributed by atoms with van der Waals surface area (Å²) >= 11 is 1.57. The molecule has 0 atom stereocenters. The summed E-state index contributed by atoms with van der Waals surface area (Å²) in [6, 6.07) is 0. The van der Waals surface area contributed by atoms with Crippen LogP contribution in [0.25, 0.3) is 0 Å². The molecule has 88 valence electrons. The lowest BCUT2D eigenvalue weighted by Crippen LogP contribution is -2.27. The first-order valence-electron chi connectivity index (χ1n) is 5.23. The third kappa shape index (κ3) is 11.4. The van der Waals surface area contributed by atoms with Crippen LogP contribution in [0.4, 0.5) is 0 Å². The van der Waals surface area contributed by atoms with E-state index in [1.54, 1.807) is 17.8 Å². The average Bonchev–Trinajstić information content (AvgIpc) is 2.17. The monoisotopic (exact) mass is 231 g/mol. The molecule has 0 aromatic rings. The Morgan fingerprint density at radius 1 is 1.60 bits per heavy atom. The van der Waals surface area contributed by atoms with Crippen LogP contribution in [0, 0.1) is 0 Å². The number of carbonyl (C=O) groups excluding carboxylic acids is 1. The molecule has 0 rings (SSSR count). The van der Waals surface area contributed by atoms with E-state index in [2.05, 4.69) is 11.9 Å². The van der Waals surface area contributed by atoms with Crippen LogP contribution in [0.3, 0.4) is 0 Å². The van der Waals surface area contributed by atoms with Crippen molar-refractivity contribution in [2.45, 2.75) is 26.4 Å². The third-order valence-corrected chi connectivity index (χ3v) is 2.50. The lowest BCUT2D eigenvalue weighted by molar-refractivity contribution is -0.118. The zero-order chi connectivity index (χ0) is 11.5. The van der Waals surface area contributed by atoms with E-state index in [1.165, 1.54) is 0 Å². The van der Waals surface area contributed by atoms with Gasteiger partial charge in [0.2, 0.25) is 5.91 Å². The van der Waals surface area contributed by atoms with Crippen molar-refractivity contribution in [1.29, 1.82) is 0 Å². The van der Waals surface area contributed by atoms with Crippen molar-refractivity contribution in [3.8, 4) is 0 Å². The maximum Gasteiger partial charge on any atom is 0.230 e. The van der Waals surface area contributed by atoms with E-state index in [4.69, 9.17) is 4.74 Å². The van der Waals surface area contributed by atoms with Gasteiger partial charge in [-0.05, 0) is 20.3 Å². The number of nitrogens with one attached hydrogen (secondary N) is 1. The van der Waals surface area contributed by atoms with Crippen molar-refractivity contribution >= 4 is 17.7 Å². The minimum Gasteiger partial charge on any atom is -0.379 e. The molecule has 0 bridgehead atoms. The molecule has 15 heavy (non-hydrogen) atoms. The SMILES string of the molecule is C=CCSCC(=O)NCCCOC(C)C. The van der Waals surface area contributed by atoms with Crippen molar-refractivity contribution in [2.75, 3.05) is 24.7 Å². The van der Waals surface area contributed by atoms with Crippen LogP contribution in [0.5, 0.6) is 0 Å². The third-order valence-electron chi connectivity index (χ3n) is 1.56. The lowest BCUT2D eigenvalue weighted by Gasteiger charge is -2.07. The first-order valence-corrected chi connectivity index (χ1v) is 6.39. The van der Waals surface area contributed by atoms with E-state index in [9.17, 15) is 4.79 Å². The molecule has 0 aromatic carbocycles. The second-order valence-electron chi connectivity index (χ2n) is 3.43. The summed E-state index contributed by atoms with van der Waals surface area (Å²) < 4.78 is 5.35. The molecule has 0 aliphatic heterocycles. The normalized spacial score (nSPS) is 10.3. The first-order chi connectivity index (χ1) is 7.16. The standard InChI is InChI=1S/C11H21NO2S/c1-4-8-15-9-11(13)12-6-5-7-14-10(2)3/h4,10H,1,5-9H2,2-3H3,(H,12,13). The smallest absolute Gasteiger partial charge is 0.230 e. The molecule has 0 aliphatic rings. The van der Waals surface area contributed by atoms with Crippen molar-refractivity contribution in [2.24, 2.45) is 0 Å². The molecular weight excluding hydrogens is 210 g/mol. The predicted octanol–water partition coefficient (Wildman–Crippen LogP) is 1.84. The van der Waals surface area contributed by atoms with E-state index in [0.717, 1.165) is 12.2 Å². The molecule has 4 heteroatoms. The molecule has 0 unspecified atom stereocenters. The number of thioether (sulfide) groups is 1. The Labute approximate surface area is 96.6 Å². The summed E-state index contributed by atoms with van der Waals surface area (Å²) in [5, 5.41) is 2.84. The number of hydrogen-bond donors (Lipinski definition) is 1. The Kier molecular flexibility index (Phi) is 9.73. The summed E-state index contributed by atoms with van der Waals surface area (Å²) in [6.45, 7) is 9.00. The van der Waals surface area contributed by atoms with Gasteiger partial charge in [-0.25, -0.2) is 0 Å². The fourth-order valence-electron chi connectivity index (χ4n) is 0.905. The summed E-state index contributed by atoms with van der Waals surface area (Å²) in [4.78, 5) is 11.2. The number of ether oxygens (including phenoxy) is 1. The van der Waals surface area contributed by atoms with Crippen LogP contribution in [0.15, 0.2) is 12.7 Å². The van der Waals surface area contributed by atoms with E-state index in [-0.39, 0.29) is 12.0 Å². The number of rotatable bonds is 9. The van der Waals surface area contributed by atoms with Gasteiger partial charge in [0.1, 0.15) is 0 Å². The minimum atomic E-state index is 0.0893. The molecule has 1 amide bonds. The van der Waals surface area contributed by atoms with E-state index in [0.29, 0.717) is 18.9 Å². The maximum atomic E-state index is 11.2. The molecule has 0 heterocycles. The molecule has 0 fully saturated rings. The topological polar surface area (TPSA) is 38.3 Å². The molecule has 3 nitrogen and oxygen atoms in total. The Morgan fingerprint density at radius 2 is 2.33 bits per heavy atom. The predicted molar refractivity (Wildman–Crippen MR) is 66.2 cm³/mol. The second-order valence-corrected chi connectivity index (χ2v) is 4.46. The largest absolute Gasteiger partial charge is 0.379 e. The van der Waals surface area contributed by atoms with Crippen LogP contribution in [-0.4, -0.2) is 36.7 Å². The van der Waals surface area contributed by atoms with Crippen LogP contribution >= 0.6 is 11.8 Å². The highest BCUT2D eigenvalue weighted by molar-refractivity contribution is 8.00. The van der Waals surface area contributed by atoms with Gasteiger partial charge in [0.05, 0.1) is 11.9 Å². The highest BCUT2D eigenvalue weighted by Gasteiger charge is 1.99. The van der Waals surface area contributed by atoms with Gasteiger partial charge in [-0.3, -0.25) is 4.79 Å². The number of amides is 1. The lowest BCUT2D eigenvalue weighted by atomic mass is 10.4. The Hall–Kier alpha value is -0.480. The second kappa shape index (κ2) is 10.1. The molecule has 0 aromatic heterocycles. The first kappa shape index (κ1) is 14.5. The highest BCUT2D eigenvalue weighted by Crippen LogP contribution is 1.98. The molecule has 0 spiro atoms. The Balaban J connectivity index is 3.20. The number of hydrogen-bond acceptors (Lipinski definition) is 3. The summed E-state index contributed by atoms with van der Waals surface area (Å²) in [5.41, 5.74) is 0. The van der Waals surface area contributed by atoms with Crippen molar-refractivity contribution in [1.82, 2.24) is 5.32 Å². The van der Waals surface area contributed by atoms with Crippen molar-refractivity contribution in [3.05, 3.63) is 12.7 Å². The Bertz CT molecular complexity index is 183. The molecule has 0 aliphatic carbocycles. The van der Waals surface area contributed by atoms with Gasteiger partial charge in [0, 0.05) is 18.9 Å². The van der Waals surface area contributed by atoms with Crippen LogP contribution in [-0.2, 0) is 9.53 Å².